The number of amides is 1. The average molecular weight is 409 g/mol. The molecule has 3 aliphatic rings. The van der Waals surface area contributed by atoms with Crippen molar-refractivity contribution in [3.05, 3.63) is 23.3 Å². The molecule has 4 rings (SSSR count). The second kappa shape index (κ2) is 6.63. The average Bonchev–Trinajstić information content (AvgIpc) is 3.19. The molecule has 152 valence electrons. The highest BCUT2D eigenvalue weighted by Crippen LogP contribution is 2.33. The summed E-state index contributed by atoms with van der Waals surface area (Å²) in [7, 11) is -3.77. The molecule has 4 heterocycles. The van der Waals surface area contributed by atoms with Gasteiger partial charge < -0.3 is 19.1 Å². The predicted octanol–water partition coefficient (Wildman–Crippen LogP) is 1.40. The number of fused-ring (bicyclic) bond motifs is 1. The van der Waals surface area contributed by atoms with Gasteiger partial charge in [0.05, 0.1) is 0 Å². The Morgan fingerprint density at radius 2 is 1.71 bits per heavy atom. The van der Waals surface area contributed by atoms with Crippen LogP contribution in [0.5, 0.6) is 11.6 Å². The van der Waals surface area contributed by atoms with E-state index >= 15 is 0 Å². The Morgan fingerprint density at radius 3 is 2.36 bits per heavy atom. The SMILES string of the molecule is CC(C)(C)OC(=O)N1CC2=C(C1)CN(S(=O)(=O)c1ccc3c(n1)OCCO3)C2. The normalized spacial score (nSPS) is 19.8. The van der Waals surface area contributed by atoms with Crippen LogP contribution >= 0.6 is 0 Å². The number of rotatable bonds is 2. The third-order valence-electron chi connectivity index (χ3n) is 4.63. The third kappa shape index (κ3) is 3.53. The predicted molar refractivity (Wildman–Crippen MR) is 98.8 cm³/mol. The van der Waals surface area contributed by atoms with Crippen LogP contribution in [0.2, 0.25) is 0 Å². The highest BCUT2D eigenvalue weighted by atomic mass is 32.2. The first-order chi connectivity index (χ1) is 13.1. The number of carbonyl (C=O) groups is 1. The van der Waals surface area contributed by atoms with Gasteiger partial charge in [-0.3, -0.25) is 0 Å². The molecule has 0 fully saturated rings. The maximum atomic E-state index is 13.0. The fourth-order valence-electron chi connectivity index (χ4n) is 3.36. The van der Waals surface area contributed by atoms with Crippen molar-refractivity contribution in [2.75, 3.05) is 39.4 Å². The van der Waals surface area contributed by atoms with Gasteiger partial charge in [-0.25, -0.2) is 13.2 Å². The number of sulfonamides is 1. The largest absolute Gasteiger partial charge is 0.484 e. The fourth-order valence-corrected chi connectivity index (χ4v) is 4.72. The number of ether oxygens (including phenoxy) is 3. The third-order valence-corrected chi connectivity index (χ3v) is 6.33. The first-order valence-electron chi connectivity index (χ1n) is 9.08. The summed E-state index contributed by atoms with van der Waals surface area (Å²) >= 11 is 0. The fraction of sp³-hybridized carbons (Fsp3) is 0.556. The molecule has 0 atom stereocenters. The molecule has 0 N–H and O–H groups in total. The lowest BCUT2D eigenvalue weighted by molar-refractivity contribution is 0.0295. The highest BCUT2D eigenvalue weighted by molar-refractivity contribution is 7.89. The topological polar surface area (TPSA) is 98.3 Å². The molecule has 10 heteroatoms. The van der Waals surface area contributed by atoms with Crippen molar-refractivity contribution in [2.45, 2.75) is 31.4 Å². The van der Waals surface area contributed by atoms with E-state index in [0.29, 0.717) is 32.1 Å². The Balaban J connectivity index is 1.44. The van der Waals surface area contributed by atoms with Crippen LogP contribution in [-0.2, 0) is 14.8 Å². The first kappa shape index (κ1) is 19.0. The summed E-state index contributed by atoms with van der Waals surface area (Å²) in [6, 6.07) is 3.00. The molecule has 1 aromatic heterocycles. The number of nitrogens with zero attached hydrogens (tertiary/aromatic N) is 3. The smallest absolute Gasteiger partial charge is 0.410 e. The number of hydrogen-bond donors (Lipinski definition) is 0. The van der Waals surface area contributed by atoms with Crippen molar-refractivity contribution in [2.24, 2.45) is 0 Å². The van der Waals surface area contributed by atoms with Crippen molar-refractivity contribution in [1.29, 1.82) is 0 Å². The number of aromatic nitrogens is 1. The lowest BCUT2D eigenvalue weighted by atomic mass is 10.2. The van der Waals surface area contributed by atoms with E-state index in [1.165, 1.54) is 10.4 Å². The summed E-state index contributed by atoms with van der Waals surface area (Å²) in [4.78, 5) is 18.0. The van der Waals surface area contributed by atoms with E-state index in [-0.39, 0.29) is 30.1 Å². The molecule has 28 heavy (non-hydrogen) atoms. The Morgan fingerprint density at radius 1 is 1.07 bits per heavy atom. The molecule has 0 bridgehead atoms. The van der Waals surface area contributed by atoms with Crippen molar-refractivity contribution < 1.29 is 27.4 Å². The van der Waals surface area contributed by atoms with Crippen molar-refractivity contribution in [1.82, 2.24) is 14.2 Å². The lowest BCUT2D eigenvalue weighted by Crippen LogP contribution is -2.39. The molecule has 3 aliphatic heterocycles. The second-order valence-corrected chi connectivity index (χ2v) is 9.85. The Labute approximate surface area is 163 Å². The van der Waals surface area contributed by atoms with Crippen molar-refractivity contribution in [3.8, 4) is 11.6 Å². The summed E-state index contributed by atoms with van der Waals surface area (Å²) in [6.07, 6.45) is -0.384. The standard InChI is InChI=1S/C18H23N3O6S/c1-18(2,3)27-17(22)20-8-12-10-21(11-13(12)9-20)28(23,24)15-5-4-14-16(19-15)26-7-6-25-14/h4-5H,6-11H2,1-3H3. The van der Waals surface area contributed by atoms with Crippen LogP contribution in [0.25, 0.3) is 0 Å². The van der Waals surface area contributed by atoms with Crippen LogP contribution in [0.3, 0.4) is 0 Å². The van der Waals surface area contributed by atoms with Crippen LogP contribution in [0.1, 0.15) is 20.8 Å². The molecule has 0 spiro atoms. The van der Waals surface area contributed by atoms with Crippen LogP contribution in [-0.4, -0.2) is 73.7 Å². The molecule has 0 aliphatic carbocycles. The molecule has 0 saturated carbocycles. The van der Waals surface area contributed by atoms with Gasteiger partial charge >= 0.3 is 6.09 Å². The number of pyridine rings is 1. The minimum Gasteiger partial charge on any atom is -0.484 e. The molecule has 1 amide bonds. The minimum absolute atomic E-state index is 0.0677. The van der Waals surface area contributed by atoms with Gasteiger partial charge in [0.1, 0.15) is 18.8 Å². The van der Waals surface area contributed by atoms with Crippen LogP contribution in [0.15, 0.2) is 28.3 Å². The Kier molecular flexibility index (Phi) is 4.50. The molecule has 0 unspecified atom stereocenters. The van der Waals surface area contributed by atoms with E-state index < -0.39 is 15.6 Å². The van der Waals surface area contributed by atoms with Crippen molar-refractivity contribution in [3.63, 3.8) is 0 Å². The maximum Gasteiger partial charge on any atom is 0.410 e. The second-order valence-electron chi connectivity index (χ2n) is 7.97. The molecular formula is C18H23N3O6S. The molecule has 0 radical (unpaired) electrons. The van der Waals surface area contributed by atoms with E-state index in [1.807, 2.05) is 20.8 Å². The van der Waals surface area contributed by atoms with Gasteiger partial charge in [-0.2, -0.15) is 9.29 Å². The summed E-state index contributed by atoms with van der Waals surface area (Å²) in [5.41, 5.74) is 1.31. The molecule has 1 aromatic rings. The molecule has 9 nitrogen and oxygen atoms in total. The maximum absolute atomic E-state index is 13.0. The molecule has 0 saturated heterocycles. The summed E-state index contributed by atoms with van der Waals surface area (Å²) in [5.74, 6) is 0.642. The van der Waals surface area contributed by atoms with Crippen LogP contribution in [0.4, 0.5) is 4.79 Å². The van der Waals surface area contributed by atoms with Crippen LogP contribution < -0.4 is 9.47 Å². The van der Waals surface area contributed by atoms with Gasteiger partial charge in [-0.1, -0.05) is 0 Å². The zero-order valence-corrected chi connectivity index (χ0v) is 16.9. The van der Waals surface area contributed by atoms with Gasteiger partial charge in [0, 0.05) is 26.2 Å². The van der Waals surface area contributed by atoms with Crippen LogP contribution in [0, 0.1) is 0 Å². The van der Waals surface area contributed by atoms with Gasteiger partial charge in [0.15, 0.2) is 10.8 Å². The van der Waals surface area contributed by atoms with Crippen molar-refractivity contribution >= 4 is 16.1 Å². The number of carbonyl (C=O) groups excluding carboxylic acids is 1. The summed E-state index contributed by atoms with van der Waals surface area (Å²) in [6.45, 7) is 7.45. The Hall–Kier alpha value is -2.33. The Bertz CT molecular complexity index is 933. The molecular weight excluding hydrogens is 386 g/mol. The summed E-state index contributed by atoms with van der Waals surface area (Å²) in [5, 5.41) is -0.0677. The zero-order chi connectivity index (χ0) is 20.1. The van der Waals surface area contributed by atoms with Gasteiger partial charge in [0.2, 0.25) is 0 Å². The van der Waals surface area contributed by atoms with E-state index in [0.717, 1.165) is 11.1 Å². The quantitative estimate of drug-likeness (QED) is 0.681. The van der Waals surface area contributed by atoms with Gasteiger partial charge in [0.25, 0.3) is 15.9 Å². The highest BCUT2D eigenvalue weighted by Gasteiger charge is 2.39. The van der Waals surface area contributed by atoms with E-state index in [2.05, 4.69) is 4.98 Å². The van der Waals surface area contributed by atoms with E-state index in [1.54, 1.807) is 11.0 Å². The summed E-state index contributed by atoms with van der Waals surface area (Å²) < 4.78 is 43.5. The minimum atomic E-state index is -3.77. The van der Waals surface area contributed by atoms with Gasteiger partial charge in [-0.15, -0.1) is 0 Å². The monoisotopic (exact) mass is 409 g/mol. The zero-order valence-electron chi connectivity index (χ0n) is 16.1. The van der Waals surface area contributed by atoms with E-state index in [4.69, 9.17) is 14.2 Å². The van der Waals surface area contributed by atoms with Gasteiger partial charge in [-0.05, 0) is 44.1 Å². The lowest BCUT2D eigenvalue weighted by Gasteiger charge is -2.26. The number of hydrogen-bond acceptors (Lipinski definition) is 7. The molecule has 0 aromatic carbocycles. The van der Waals surface area contributed by atoms with E-state index in [9.17, 15) is 13.2 Å². The first-order valence-corrected chi connectivity index (χ1v) is 10.5.